The lowest BCUT2D eigenvalue weighted by Gasteiger charge is -2.42. The van der Waals surface area contributed by atoms with Crippen molar-refractivity contribution in [2.45, 2.75) is 46.5 Å². The molecule has 1 aliphatic carbocycles. The van der Waals surface area contributed by atoms with Gasteiger partial charge in [-0.2, -0.15) is 0 Å². The zero-order chi connectivity index (χ0) is 13.5. The summed E-state index contributed by atoms with van der Waals surface area (Å²) in [5.74, 6) is 6.13. The molecule has 18 heavy (non-hydrogen) atoms. The molecule has 0 bridgehead atoms. The summed E-state index contributed by atoms with van der Waals surface area (Å²) in [6.07, 6.45) is 8.67. The van der Waals surface area contributed by atoms with Gasteiger partial charge in [-0.25, -0.2) is 0 Å². The van der Waals surface area contributed by atoms with E-state index in [1.54, 1.807) is 0 Å². The summed E-state index contributed by atoms with van der Waals surface area (Å²) >= 11 is 0. The van der Waals surface area contributed by atoms with Crippen molar-refractivity contribution < 1.29 is 5.11 Å². The summed E-state index contributed by atoms with van der Waals surface area (Å²) < 4.78 is 0. The Morgan fingerprint density at radius 1 is 1.39 bits per heavy atom. The average Bonchev–Trinajstić information content (AvgIpc) is 2.32. The van der Waals surface area contributed by atoms with E-state index in [0.29, 0.717) is 23.7 Å². The summed E-state index contributed by atoms with van der Waals surface area (Å²) in [7, 11) is 0. The number of hydrogen-bond acceptors (Lipinski definition) is 1. The average molecular weight is 246 g/mol. The third-order valence-electron chi connectivity index (χ3n) is 4.41. The van der Waals surface area contributed by atoms with Crippen LogP contribution in [-0.2, 0) is 0 Å². The van der Waals surface area contributed by atoms with Crippen molar-refractivity contribution in [2.24, 2.45) is 29.6 Å². The molecule has 0 spiro atoms. The Kier molecular flexibility index (Phi) is 6.10. The molecule has 0 heterocycles. The van der Waals surface area contributed by atoms with Crippen molar-refractivity contribution in [3.8, 4) is 12.0 Å². The third-order valence-corrected chi connectivity index (χ3v) is 4.41. The monoisotopic (exact) mass is 246 g/mol. The Morgan fingerprint density at radius 2 is 2.11 bits per heavy atom. The highest BCUT2D eigenvalue weighted by Gasteiger charge is 2.37. The van der Waals surface area contributed by atoms with Crippen molar-refractivity contribution in [1.82, 2.24) is 0 Å². The summed E-state index contributed by atoms with van der Waals surface area (Å²) in [6, 6.07) is 0. The third kappa shape index (κ3) is 3.69. The summed E-state index contributed by atoms with van der Waals surface area (Å²) in [4.78, 5) is 0. The first-order valence-electron chi connectivity index (χ1n) is 7.10. The SMILES string of the molecule is C=C=CCCC1C(C#CO)CCC(C)C1C(C)C. The molecule has 1 nitrogen and oxygen atoms in total. The summed E-state index contributed by atoms with van der Waals surface area (Å²) in [6.45, 7) is 10.6. The number of aliphatic hydroxyl groups excluding tert-OH is 1. The molecule has 1 fully saturated rings. The van der Waals surface area contributed by atoms with Crippen LogP contribution in [-0.4, -0.2) is 5.11 Å². The van der Waals surface area contributed by atoms with Crippen LogP contribution in [0.4, 0.5) is 0 Å². The molecular weight excluding hydrogens is 220 g/mol. The van der Waals surface area contributed by atoms with E-state index in [1.165, 1.54) is 6.42 Å². The van der Waals surface area contributed by atoms with Gasteiger partial charge in [0.1, 0.15) is 6.11 Å². The molecule has 1 rings (SSSR count). The minimum atomic E-state index is 0.358. The van der Waals surface area contributed by atoms with Crippen LogP contribution in [0.3, 0.4) is 0 Å². The van der Waals surface area contributed by atoms with E-state index in [-0.39, 0.29) is 0 Å². The summed E-state index contributed by atoms with van der Waals surface area (Å²) in [5, 5.41) is 8.91. The molecule has 1 N–H and O–H groups in total. The Balaban J connectivity index is 2.85. The smallest absolute Gasteiger partial charge is 0.107 e. The van der Waals surface area contributed by atoms with Crippen molar-refractivity contribution in [1.29, 1.82) is 0 Å². The molecule has 4 unspecified atom stereocenters. The van der Waals surface area contributed by atoms with E-state index in [4.69, 9.17) is 5.11 Å². The molecule has 1 heteroatoms. The first-order chi connectivity index (χ1) is 8.61. The normalized spacial score (nSPS) is 31.3. The molecular formula is C17H26O. The Labute approximate surface area is 112 Å². The van der Waals surface area contributed by atoms with E-state index in [1.807, 2.05) is 6.08 Å². The van der Waals surface area contributed by atoms with Gasteiger partial charge in [0.2, 0.25) is 0 Å². The van der Waals surface area contributed by atoms with Gasteiger partial charge in [-0.15, -0.1) is 5.73 Å². The van der Waals surface area contributed by atoms with E-state index in [9.17, 15) is 0 Å². The van der Waals surface area contributed by atoms with Crippen LogP contribution in [0.5, 0.6) is 0 Å². The molecule has 0 radical (unpaired) electrons. The maximum absolute atomic E-state index is 8.91. The quantitative estimate of drug-likeness (QED) is 0.576. The maximum Gasteiger partial charge on any atom is 0.107 e. The minimum Gasteiger partial charge on any atom is -0.462 e. The second-order valence-electron chi connectivity index (χ2n) is 5.89. The lowest BCUT2D eigenvalue weighted by molar-refractivity contribution is 0.0807. The zero-order valence-corrected chi connectivity index (χ0v) is 11.9. The van der Waals surface area contributed by atoms with Crippen molar-refractivity contribution >= 4 is 0 Å². The molecule has 1 aliphatic rings. The summed E-state index contributed by atoms with van der Waals surface area (Å²) in [5.41, 5.74) is 2.85. The maximum atomic E-state index is 8.91. The van der Waals surface area contributed by atoms with Gasteiger partial charge >= 0.3 is 0 Å². The van der Waals surface area contributed by atoms with E-state index >= 15 is 0 Å². The fourth-order valence-electron chi connectivity index (χ4n) is 3.72. The van der Waals surface area contributed by atoms with Crippen LogP contribution in [0.15, 0.2) is 18.4 Å². The van der Waals surface area contributed by atoms with Crippen LogP contribution >= 0.6 is 0 Å². The molecule has 0 amide bonds. The van der Waals surface area contributed by atoms with Crippen LogP contribution in [0, 0.1) is 41.6 Å². The fraction of sp³-hybridized carbons (Fsp3) is 0.706. The lowest BCUT2D eigenvalue weighted by Crippen LogP contribution is -2.36. The second-order valence-corrected chi connectivity index (χ2v) is 5.89. The van der Waals surface area contributed by atoms with Gasteiger partial charge in [0.25, 0.3) is 0 Å². The Hall–Kier alpha value is -1.12. The van der Waals surface area contributed by atoms with Gasteiger partial charge in [0.15, 0.2) is 0 Å². The highest BCUT2D eigenvalue weighted by atomic mass is 16.2. The number of aliphatic hydroxyl groups is 1. The van der Waals surface area contributed by atoms with Gasteiger partial charge in [0, 0.05) is 5.92 Å². The first kappa shape index (κ1) is 14.9. The van der Waals surface area contributed by atoms with Gasteiger partial charge < -0.3 is 5.11 Å². The minimum absolute atomic E-state index is 0.358. The molecule has 100 valence electrons. The zero-order valence-electron chi connectivity index (χ0n) is 11.9. The van der Waals surface area contributed by atoms with Gasteiger partial charge in [-0.1, -0.05) is 33.3 Å². The first-order valence-corrected chi connectivity index (χ1v) is 7.10. The largest absolute Gasteiger partial charge is 0.462 e. The topological polar surface area (TPSA) is 20.2 Å². The molecule has 4 atom stereocenters. The molecule has 1 saturated carbocycles. The van der Waals surface area contributed by atoms with E-state index in [2.05, 4.69) is 45.1 Å². The van der Waals surface area contributed by atoms with Crippen molar-refractivity contribution in [3.05, 3.63) is 18.4 Å². The molecule has 0 aromatic rings. The molecule has 0 aliphatic heterocycles. The van der Waals surface area contributed by atoms with Gasteiger partial charge in [-0.3, -0.25) is 0 Å². The van der Waals surface area contributed by atoms with Crippen LogP contribution < -0.4 is 0 Å². The van der Waals surface area contributed by atoms with Crippen molar-refractivity contribution in [2.75, 3.05) is 0 Å². The Bertz CT molecular complexity index is 352. The highest BCUT2D eigenvalue weighted by Crippen LogP contribution is 2.44. The highest BCUT2D eigenvalue weighted by molar-refractivity contribution is 5.04. The van der Waals surface area contributed by atoms with E-state index < -0.39 is 0 Å². The van der Waals surface area contributed by atoms with Crippen LogP contribution in [0.25, 0.3) is 0 Å². The predicted molar refractivity (Wildman–Crippen MR) is 76.4 cm³/mol. The van der Waals surface area contributed by atoms with Crippen LogP contribution in [0.1, 0.15) is 46.5 Å². The number of hydrogen-bond donors (Lipinski definition) is 1. The molecule has 0 aromatic heterocycles. The molecule has 0 saturated heterocycles. The second kappa shape index (κ2) is 7.34. The fourth-order valence-corrected chi connectivity index (χ4v) is 3.72. The van der Waals surface area contributed by atoms with Crippen molar-refractivity contribution in [3.63, 3.8) is 0 Å². The lowest BCUT2D eigenvalue weighted by atomic mass is 9.62. The number of rotatable bonds is 4. The van der Waals surface area contributed by atoms with Crippen LogP contribution in [0.2, 0.25) is 0 Å². The van der Waals surface area contributed by atoms with E-state index in [0.717, 1.165) is 25.2 Å². The Morgan fingerprint density at radius 3 is 2.67 bits per heavy atom. The number of allylic oxidation sites excluding steroid dienone is 1. The van der Waals surface area contributed by atoms with Gasteiger partial charge in [-0.05, 0) is 55.4 Å². The standard InChI is InChI=1S/C17H26O/c1-5-6-7-8-16-15(11-12-18)10-9-14(4)17(16)13(2)3/h6,13-18H,1,7-10H2,2-4H3. The molecule has 0 aromatic carbocycles. The van der Waals surface area contributed by atoms with Gasteiger partial charge in [0.05, 0.1) is 0 Å². The predicted octanol–water partition coefficient (Wildman–Crippen LogP) is 4.38.